The molecule has 0 aliphatic carbocycles. The van der Waals surface area contributed by atoms with Crippen molar-refractivity contribution in [2.45, 2.75) is 39.7 Å². The van der Waals surface area contributed by atoms with Gasteiger partial charge in [-0.1, -0.05) is 38.1 Å². The summed E-state index contributed by atoms with van der Waals surface area (Å²) in [5.74, 6) is 0.607. The topological polar surface area (TPSA) is 30.5 Å². The lowest BCUT2D eigenvalue weighted by molar-refractivity contribution is 0.0635. The largest absolute Gasteiger partial charge is 0.382 e. The van der Waals surface area contributed by atoms with Crippen molar-refractivity contribution >= 4 is 0 Å². The summed E-state index contributed by atoms with van der Waals surface area (Å²) in [7, 11) is 1.71. The molecule has 1 unspecified atom stereocenters. The standard InChI is InChI=1S/C18H31NO2/c1-15(2)19-14-17(9-10-21-12-11-20-4)13-18-8-6-5-7-16(18)3/h5-8,15,17,19H,9-14H2,1-4H3. The molecule has 1 rings (SSSR count). The van der Waals surface area contributed by atoms with Crippen molar-refractivity contribution in [3.8, 4) is 0 Å². The van der Waals surface area contributed by atoms with E-state index in [4.69, 9.17) is 9.47 Å². The smallest absolute Gasteiger partial charge is 0.0700 e. The lowest BCUT2D eigenvalue weighted by atomic mass is 9.93. The molecule has 3 nitrogen and oxygen atoms in total. The monoisotopic (exact) mass is 293 g/mol. The molecular weight excluding hydrogens is 262 g/mol. The molecule has 0 amide bonds. The molecule has 21 heavy (non-hydrogen) atoms. The average Bonchev–Trinajstić information content (AvgIpc) is 2.46. The Balaban J connectivity index is 2.45. The molecule has 0 aliphatic rings. The SMILES string of the molecule is COCCOCCC(CNC(C)C)Cc1ccccc1C. The van der Waals surface area contributed by atoms with Gasteiger partial charge in [-0.3, -0.25) is 0 Å². The predicted molar refractivity (Wildman–Crippen MR) is 88.8 cm³/mol. The van der Waals surface area contributed by atoms with Gasteiger partial charge < -0.3 is 14.8 Å². The van der Waals surface area contributed by atoms with Crippen molar-refractivity contribution in [1.29, 1.82) is 0 Å². The van der Waals surface area contributed by atoms with Gasteiger partial charge in [-0.15, -0.1) is 0 Å². The van der Waals surface area contributed by atoms with Crippen LogP contribution in [0.5, 0.6) is 0 Å². The molecule has 0 heterocycles. The van der Waals surface area contributed by atoms with E-state index in [-0.39, 0.29) is 0 Å². The highest BCUT2D eigenvalue weighted by Gasteiger charge is 2.11. The summed E-state index contributed by atoms with van der Waals surface area (Å²) in [6, 6.07) is 9.19. The van der Waals surface area contributed by atoms with E-state index in [1.165, 1.54) is 11.1 Å². The maximum atomic E-state index is 5.63. The molecule has 0 radical (unpaired) electrons. The molecule has 0 bridgehead atoms. The van der Waals surface area contributed by atoms with Gasteiger partial charge in [0.1, 0.15) is 0 Å². The van der Waals surface area contributed by atoms with Crippen LogP contribution >= 0.6 is 0 Å². The summed E-state index contributed by atoms with van der Waals surface area (Å²) in [6.45, 7) is 9.79. The minimum Gasteiger partial charge on any atom is -0.382 e. The Hall–Kier alpha value is -0.900. The van der Waals surface area contributed by atoms with Crippen molar-refractivity contribution in [2.24, 2.45) is 5.92 Å². The molecule has 1 N–H and O–H groups in total. The zero-order chi connectivity index (χ0) is 15.5. The average molecular weight is 293 g/mol. The number of aryl methyl sites for hydroxylation is 1. The maximum Gasteiger partial charge on any atom is 0.0700 e. The van der Waals surface area contributed by atoms with Crippen molar-refractivity contribution in [3.05, 3.63) is 35.4 Å². The van der Waals surface area contributed by atoms with Crippen LogP contribution in [0.2, 0.25) is 0 Å². The third kappa shape index (κ3) is 8.20. The summed E-state index contributed by atoms with van der Waals surface area (Å²) >= 11 is 0. The normalized spacial score (nSPS) is 12.8. The minimum atomic E-state index is 0.527. The lowest BCUT2D eigenvalue weighted by Gasteiger charge is -2.20. The molecule has 0 fully saturated rings. The fourth-order valence-electron chi connectivity index (χ4n) is 2.32. The van der Waals surface area contributed by atoms with Gasteiger partial charge in [0.15, 0.2) is 0 Å². The van der Waals surface area contributed by atoms with E-state index in [0.29, 0.717) is 25.2 Å². The van der Waals surface area contributed by atoms with Gasteiger partial charge in [0, 0.05) is 19.8 Å². The highest BCUT2D eigenvalue weighted by atomic mass is 16.5. The van der Waals surface area contributed by atoms with Gasteiger partial charge in [-0.05, 0) is 43.4 Å². The molecule has 120 valence electrons. The fraction of sp³-hybridized carbons (Fsp3) is 0.667. The third-order valence-electron chi connectivity index (χ3n) is 3.69. The Labute approximate surface area is 130 Å². The van der Waals surface area contributed by atoms with Crippen LogP contribution < -0.4 is 5.32 Å². The van der Waals surface area contributed by atoms with Crippen LogP contribution in [0.4, 0.5) is 0 Å². The van der Waals surface area contributed by atoms with Gasteiger partial charge >= 0.3 is 0 Å². The highest BCUT2D eigenvalue weighted by molar-refractivity contribution is 5.25. The second kappa shape index (κ2) is 10.8. The second-order valence-electron chi connectivity index (χ2n) is 5.95. The molecule has 1 aromatic carbocycles. The first-order valence-electron chi connectivity index (χ1n) is 7.98. The van der Waals surface area contributed by atoms with Crippen LogP contribution in [0, 0.1) is 12.8 Å². The van der Waals surface area contributed by atoms with Crippen LogP contribution in [0.3, 0.4) is 0 Å². The van der Waals surface area contributed by atoms with Crippen molar-refractivity contribution < 1.29 is 9.47 Å². The first kappa shape index (κ1) is 18.1. The van der Waals surface area contributed by atoms with Crippen molar-refractivity contribution in [2.75, 3.05) is 33.5 Å². The minimum absolute atomic E-state index is 0.527. The van der Waals surface area contributed by atoms with E-state index in [0.717, 1.165) is 26.0 Å². The molecule has 0 saturated heterocycles. The summed E-state index contributed by atoms with van der Waals surface area (Å²) in [6.07, 6.45) is 2.19. The Morgan fingerprint density at radius 1 is 1.10 bits per heavy atom. The van der Waals surface area contributed by atoms with Gasteiger partial charge in [0.2, 0.25) is 0 Å². The molecule has 0 saturated carbocycles. The quantitative estimate of drug-likeness (QED) is 0.636. The molecule has 3 heteroatoms. The van der Waals surface area contributed by atoms with E-state index in [1.807, 2.05) is 0 Å². The Morgan fingerprint density at radius 2 is 1.86 bits per heavy atom. The van der Waals surface area contributed by atoms with E-state index in [9.17, 15) is 0 Å². The summed E-state index contributed by atoms with van der Waals surface area (Å²) < 4.78 is 10.6. The van der Waals surface area contributed by atoms with Gasteiger partial charge in [0.05, 0.1) is 13.2 Å². The summed E-state index contributed by atoms with van der Waals surface area (Å²) in [5, 5.41) is 3.56. The van der Waals surface area contributed by atoms with Crippen molar-refractivity contribution in [3.63, 3.8) is 0 Å². The molecule has 0 aliphatic heterocycles. The predicted octanol–water partition coefficient (Wildman–Crippen LogP) is 3.20. The van der Waals surface area contributed by atoms with E-state index in [1.54, 1.807) is 7.11 Å². The molecule has 0 aromatic heterocycles. The van der Waals surface area contributed by atoms with E-state index < -0.39 is 0 Å². The number of benzene rings is 1. The third-order valence-corrected chi connectivity index (χ3v) is 3.69. The highest BCUT2D eigenvalue weighted by Crippen LogP contribution is 2.16. The Kier molecular flexibility index (Phi) is 9.31. The number of hydrogen-bond acceptors (Lipinski definition) is 3. The molecule has 1 aromatic rings. The van der Waals surface area contributed by atoms with Gasteiger partial charge in [0.25, 0.3) is 0 Å². The first-order valence-corrected chi connectivity index (χ1v) is 7.98. The summed E-state index contributed by atoms with van der Waals surface area (Å²) in [5.41, 5.74) is 2.83. The van der Waals surface area contributed by atoms with Gasteiger partial charge in [-0.25, -0.2) is 0 Å². The molecule has 1 atom stereocenters. The Bertz CT molecular complexity index is 379. The van der Waals surface area contributed by atoms with Crippen LogP contribution in [0.1, 0.15) is 31.4 Å². The first-order chi connectivity index (χ1) is 10.1. The van der Waals surface area contributed by atoms with E-state index in [2.05, 4.69) is 50.4 Å². The van der Waals surface area contributed by atoms with E-state index >= 15 is 0 Å². The molecule has 0 spiro atoms. The number of methoxy groups -OCH3 is 1. The van der Waals surface area contributed by atoms with Crippen LogP contribution in [0.15, 0.2) is 24.3 Å². The molecular formula is C18H31NO2. The second-order valence-corrected chi connectivity index (χ2v) is 5.95. The number of rotatable bonds is 11. The number of hydrogen-bond donors (Lipinski definition) is 1. The van der Waals surface area contributed by atoms with Crippen molar-refractivity contribution in [1.82, 2.24) is 5.32 Å². The fourth-order valence-corrected chi connectivity index (χ4v) is 2.32. The van der Waals surface area contributed by atoms with Gasteiger partial charge in [-0.2, -0.15) is 0 Å². The summed E-state index contributed by atoms with van der Waals surface area (Å²) in [4.78, 5) is 0. The maximum absolute atomic E-state index is 5.63. The lowest BCUT2D eigenvalue weighted by Crippen LogP contribution is -2.30. The van der Waals surface area contributed by atoms with Crippen LogP contribution in [-0.2, 0) is 15.9 Å². The zero-order valence-electron chi connectivity index (χ0n) is 14.0. The zero-order valence-corrected chi connectivity index (χ0v) is 14.0. The van der Waals surface area contributed by atoms with Crippen LogP contribution in [-0.4, -0.2) is 39.5 Å². The number of nitrogens with one attached hydrogen (secondary N) is 1. The van der Waals surface area contributed by atoms with Crippen LogP contribution in [0.25, 0.3) is 0 Å². The Morgan fingerprint density at radius 3 is 2.52 bits per heavy atom. The number of ether oxygens (including phenoxy) is 2.